The van der Waals surface area contributed by atoms with E-state index < -0.39 is 5.82 Å². The molecule has 0 spiro atoms. The van der Waals surface area contributed by atoms with Crippen molar-refractivity contribution in [3.8, 4) is 11.4 Å². The van der Waals surface area contributed by atoms with Crippen molar-refractivity contribution in [1.82, 2.24) is 9.78 Å². The Morgan fingerprint density at radius 3 is 2.79 bits per heavy atom. The first-order valence-corrected chi connectivity index (χ1v) is 8.81. The zero-order valence-corrected chi connectivity index (χ0v) is 15.3. The van der Waals surface area contributed by atoms with E-state index in [9.17, 15) is 4.39 Å². The fraction of sp³-hybridized carbons (Fsp3) is 0.353. The van der Waals surface area contributed by atoms with Gasteiger partial charge in [-0.3, -0.25) is 0 Å². The summed E-state index contributed by atoms with van der Waals surface area (Å²) in [6.07, 6.45) is 5.56. The smallest absolute Gasteiger partial charge is 0.150 e. The molecule has 0 fully saturated rings. The Morgan fingerprint density at radius 1 is 1.33 bits per heavy atom. The second-order valence-corrected chi connectivity index (χ2v) is 7.03. The zero-order chi connectivity index (χ0) is 17.3. The van der Waals surface area contributed by atoms with Crippen LogP contribution in [0.15, 0.2) is 23.2 Å². The topological polar surface area (TPSA) is 27.1 Å². The van der Waals surface area contributed by atoms with Crippen LogP contribution in [0, 0.1) is 5.82 Å². The Hall–Kier alpha value is -1.23. The number of hydrogen-bond acceptors (Lipinski definition) is 2. The third-order valence-corrected chi connectivity index (χ3v) is 4.77. The lowest BCUT2D eigenvalue weighted by Crippen LogP contribution is -2.03. The Kier molecular flexibility index (Phi) is 5.38. The normalized spacial score (nSPS) is 14.6. The van der Waals surface area contributed by atoms with E-state index in [0.29, 0.717) is 15.9 Å². The van der Waals surface area contributed by atoms with Gasteiger partial charge in [0.2, 0.25) is 0 Å². The lowest BCUT2D eigenvalue weighted by molar-refractivity contribution is 0.361. The van der Waals surface area contributed by atoms with Gasteiger partial charge in [-0.15, -0.1) is 0 Å². The summed E-state index contributed by atoms with van der Waals surface area (Å²) >= 11 is 18.3. The van der Waals surface area contributed by atoms with Gasteiger partial charge in [0.1, 0.15) is 23.2 Å². The molecule has 1 aromatic carbocycles. The largest absolute Gasteiger partial charge is 0.488 e. The monoisotopic (exact) mass is 388 g/mol. The second kappa shape index (κ2) is 7.34. The number of benzene rings is 1. The Morgan fingerprint density at radius 2 is 2.08 bits per heavy atom. The highest BCUT2D eigenvalue weighted by Crippen LogP contribution is 2.34. The van der Waals surface area contributed by atoms with Crippen molar-refractivity contribution in [3.63, 3.8) is 0 Å². The fourth-order valence-electron chi connectivity index (χ4n) is 2.71. The average molecular weight is 390 g/mol. The summed E-state index contributed by atoms with van der Waals surface area (Å²) in [6.45, 7) is 1.99. The summed E-state index contributed by atoms with van der Waals surface area (Å²) in [6, 6.07) is 2.72. The quantitative estimate of drug-likeness (QED) is 0.669. The molecular weight excluding hydrogens is 374 g/mol. The molecule has 1 aromatic heterocycles. The predicted octanol–water partition coefficient (Wildman–Crippen LogP) is 5.72. The number of ether oxygens (including phenoxy) is 1. The molecule has 0 radical (unpaired) electrons. The number of rotatable bonds is 4. The second-order valence-electron chi connectivity index (χ2n) is 5.67. The van der Waals surface area contributed by atoms with Gasteiger partial charge in [0.15, 0.2) is 5.82 Å². The number of allylic oxidation sites excluding steroid dienone is 1. The molecule has 0 atom stereocenters. The number of aryl methyl sites for hydroxylation is 1. The van der Waals surface area contributed by atoms with Crippen molar-refractivity contribution in [2.45, 2.75) is 32.6 Å². The molecule has 0 unspecified atom stereocenters. The molecule has 0 saturated carbocycles. The van der Waals surface area contributed by atoms with Crippen LogP contribution in [-0.4, -0.2) is 16.4 Å². The van der Waals surface area contributed by atoms with E-state index in [1.54, 1.807) is 13.0 Å². The van der Waals surface area contributed by atoms with E-state index in [2.05, 4.69) is 5.10 Å². The van der Waals surface area contributed by atoms with Crippen LogP contribution < -0.4 is 4.74 Å². The molecule has 3 rings (SSSR count). The molecule has 0 bridgehead atoms. The Bertz CT molecular complexity index is 798. The van der Waals surface area contributed by atoms with Crippen molar-refractivity contribution in [2.24, 2.45) is 0 Å². The SMILES string of the molecule is C/C(Cl)=C/COc1cc(-n2nc3c(c2Cl)CCCC3)c(F)cc1Cl. The van der Waals surface area contributed by atoms with Crippen molar-refractivity contribution in [3.05, 3.63) is 50.5 Å². The third-order valence-electron chi connectivity index (χ3n) is 3.93. The van der Waals surface area contributed by atoms with E-state index in [-0.39, 0.29) is 17.3 Å². The molecule has 0 aliphatic heterocycles. The van der Waals surface area contributed by atoms with E-state index in [1.165, 1.54) is 16.8 Å². The minimum absolute atomic E-state index is 0.185. The molecule has 0 amide bonds. The van der Waals surface area contributed by atoms with Crippen LogP contribution in [0.5, 0.6) is 5.75 Å². The molecule has 1 aliphatic carbocycles. The lowest BCUT2D eigenvalue weighted by atomic mass is 9.99. The molecule has 1 aliphatic rings. The Labute approximate surface area is 155 Å². The number of halogens is 4. The molecule has 0 saturated heterocycles. The summed E-state index contributed by atoms with van der Waals surface area (Å²) in [4.78, 5) is 0. The summed E-state index contributed by atoms with van der Waals surface area (Å²) in [7, 11) is 0. The van der Waals surface area contributed by atoms with E-state index in [0.717, 1.165) is 36.9 Å². The van der Waals surface area contributed by atoms with Crippen LogP contribution in [0.3, 0.4) is 0 Å². The first kappa shape index (κ1) is 17.6. The van der Waals surface area contributed by atoms with Gasteiger partial charge >= 0.3 is 0 Å². The highest BCUT2D eigenvalue weighted by atomic mass is 35.5. The number of hydrogen-bond donors (Lipinski definition) is 0. The van der Waals surface area contributed by atoms with Crippen molar-refractivity contribution < 1.29 is 9.13 Å². The molecule has 0 N–H and O–H groups in total. The maximum absolute atomic E-state index is 14.4. The number of nitrogens with zero attached hydrogens (tertiary/aromatic N) is 2. The fourth-order valence-corrected chi connectivity index (χ4v) is 3.31. The van der Waals surface area contributed by atoms with Crippen molar-refractivity contribution >= 4 is 34.8 Å². The minimum atomic E-state index is -0.502. The van der Waals surface area contributed by atoms with Crippen LogP contribution in [-0.2, 0) is 12.8 Å². The van der Waals surface area contributed by atoms with Gasteiger partial charge in [-0.05, 0) is 44.7 Å². The van der Waals surface area contributed by atoms with Gasteiger partial charge in [-0.25, -0.2) is 9.07 Å². The van der Waals surface area contributed by atoms with E-state index >= 15 is 0 Å². The van der Waals surface area contributed by atoms with E-state index in [1.807, 2.05) is 0 Å². The van der Waals surface area contributed by atoms with Crippen LogP contribution in [0.4, 0.5) is 4.39 Å². The van der Waals surface area contributed by atoms with Gasteiger partial charge in [0.25, 0.3) is 0 Å². The summed E-state index contributed by atoms with van der Waals surface area (Å²) in [5.74, 6) is -0.148. The molecule has 24 heavy (non-hydrogen) atoms. The first-order chi connectivity index (χ1) is 11.5. The van der Waals surface area contributed by atoms with Crippen molar-refractivity contribution in [1.29, 1.82) is 0 Å². The predicted molar refractivity (Wildman–Crippen MR) is 95.3 cm³/mol. The standard InChI is InChI=1S/C17H16Cl3FN2O/c1-10(18)6-7-24-16-9-15(13(21)8-12(16)19)23-17(20)11-4-2-3-5-14(11)22-23/h6,8-9H,2-5,7H2,1H3/b10-6-. The summed E-state index contributed by atoms with van der Waals surface area (Å²) in [5, 5.41) is 5.72. The van der Waals surface area contributed by atoms with Gasteiger partial charge in [0.05, 0.1) is 10.7 Å². The molecular formula is C17H16Cl3FN2O. The Balaban J connectivity index is 1.99. The van der Waals surface area contributed by atoms with Gasteiger partial charge in [-0.2, -0.15) is 5.10 Å². The maximum Gasteiger partial charge on any atom is 0.150 e. The maximum atomic E-state index is 14.4. The zero-order valence-electron chi connectivity index (χ0n) is 13.1. The van der Waals surface area contributed by atoms with Crippen molar-refractivity contribution in [2.75, 3.05) is 6.61 Å². The van der Waals surface area contributed by atoms with Gasteiger partial charge in [0, 0.05) is 16.7 Å². The molecule has 3 nitrogen and oxygen atoms in total. The molecule has 128 valence electrons. The van der Waals surface area contributed by atoms with Crippen LogP contribution in [0.2, 0.25) is 10.2 Å². The summed E-state index contributed by atoms with van der Waals surface area (Å²) in [5.41, 5.74) is 2.16. The highest BCUT2D eigenvalue weighted by molar-refractivity contribution is 6.32. The van der Waals surface area contributed by atoms with Crippen LogP contribution >= 0.6 is 34.8 Å². The molecule has 2 aromatic rings. The first-order valence-electron chi connectivity index (χ1n) is 7.68. The lowest BCUT2D eigenvalue weighted by Gasteiger charge is -2.11. The van der Waals surface area contributed by atoms with Crippen LogP contribution in [0.25, 0.3) is 5.69 Å². The highest BCUT2D eigenvalue weighted by Gasteiger charge is 2.22. The molecule has 7 heteroatoms. The minimum Gasteiger partial charge on any atom is -0.488 e. The van der Waals surface area contributed by atoms with Gasteiger partial charge < -0.3 is 4.74 Å². The third kappa shape index (κ3) is 3.56. The summed E-state index contributed by atoms with van der Waals surface area (Å²) < 4.78 is 21.4. The van der Waals surface area contributed by atoms with Gasteiger partial charge in [-0.1, -0.05) is 34.8 Å². The van der Waals surface area contributed by atoms with E-state index in [4.69, 9.17) is 39.5 Å². The van der Waals surface area contributed by atoms with Crippen LogP contribution in [0.1, 0.15) is 31.0 Å². The number of fused-ring (bicyclic) bond motifs is 1. The molecule has 1 heterocycles. The average Bonchev–Trinajstić information content (AvgIpc) is 2.86. The number of aromatic nitrogens is 2.